The molecule has 2 aromatic carbocycles. The predicted octanol–water partition coefficient (Wildman–Crippen LogP) is 7.62. The van der Waals surface area contributed by atoms with Crippen molar-refractivity contribution in [3.8, 4) is 0 Å². The Morgan fingerprint density at radius 1 is 0.686 bits per heavy atom. The fraction of sp³-hybridized carbons (Fsp3) is 0.367. The largest absolute Gasteiger partial charge is 0.396 e. The summed E-state index contributed by atoms with van der Waals surface area (Å²) < 4.78 is 0. The number of para-hydroxylation sites is 2. The number of hydrogen-bond donors (Lipinski definition) is 1. The van der Waals surface area contributed by atoms with Gasteiger partial charge in [0.25, 0.3) is 0 Å². The molecular formula is C30H39FeN3O. The van der Waals surface area contributed by atoms with Gasteiger partial charge in [-0.25, -0.2) is 4.98 Å². The topological polar surface area (TPSA) is 57.8 Å². The van der Waals surface area contributed by atoms with Gasteiger partial charge in [0, 0.05) is 23.7 Å². The zero-order valence-electron chi connectivity index (χ0n) is 22.5. The molecular weight excluding hydrogens is 474 g/mol. The molecule has 0 saturated heterocycles. The van der Waals surface area contributed by atoms with Gasteiger partial charge >= 0.3 is 0 Å². The molecule has 0 bridgehead atoms. The smallest absolute Gasteiger partial charge is 0.0849 e. The molecule has 0 radical (unpaired) electrons. The van der Waals surface area contributed by atoms with E-state index in [0.29, 0.717) is 0 Å². The Kier molecular flexibility index (Phi) is 11.7. The number of aliphatic hydroxyl groups excluding tert-OH is 1. The summed E-state index contributed by atoms with van der Waals surface area (Å²) in [7, 11) is 0. The van der Waals surface area contributed by atoms with Crippen molar-refractivity contribution in [2.75, 3.05) is 6.61 Å². The number of aromatic nitrogens is 1. The van der Waals surface area contributed by atoms with Crippen LogP contribution in [0.15, 0.2) is 64.6 Å². The number of benzene rings is 2. The van der Waals surface area contributed by atoms with Crippen LogP contribution in [0.2, 0.25) is 0 Å². The first kappa shape index (κ1) is 30.4. The molecule has 0 aliphatic rings. The van der Waals surface area contributed by atoms with Crippen molar-refractivity contribution < 1.29 is 22.2 Å². The van der Waals surface area contributed by atoms with E-state index >= 15 is 0 Å². The third kappa shape index (κ3) is 9.18. The second-order valence-electron chi connectivity index (χ2n) is 10.0. The molecule has 0 atom stereocenters. The van der Waals surface area contributed by atoms with E-state index in [1.165, 1.54) is 22.3 Å². The zero-order chi connectivity index (χ0) is 25.5. The van der Waals surface area contributed by atoms with Crippen LogP contribution in [0.3, 0.4) is 0 Å². The summed E-state index contributed by atoms with van der Waals surface area (Å²) in [6.07, 6.45) is 0. The average Bonchev–Trinajstić information content (AvgIpc) is 2.78. The fourth-order valence-electron chi connectivity index (χ4n) is 3.25. The van der Waals surface area contributed by atoms with E-state index in [-0.39, 0.29) is 29.1 Å². The third-order valence-corrected chi connectivity index (χ3v) is 5.40. The van der Waals surface area contributed by atoms with Crippen molar-refractivity contribution in [2.45, 2.75) is 62.3 Å². The minimum Gasteiger partial charge on any atom is -0.396 e. The van der Waals surface area contributed by atoms with Crippen molar-refractivity contribution in [3.63, 3.8) is 0 Å². The van der Waals surface area contributed by atoms with Crippen LogP contribution in [-0.4, -0.2) is 28.1 Å². The molecule has 0 saturated carbocycles. The maximum absolute atomic E-state index is 8.40. The van der Waals surface area contributed by atoms with Gasteiger partial charge < -0.3 is 5.11 Å². The Labute approximate surface area is 222 Å². The molecule has 3 rings (SSSR count). The maximum atomic E-state index is 8.40. The van der Waals surface area contributed by atoms with Gasteiger partial charge in [-0.05, 0) is 81.3 Å². The van der Waals surface area contributed by atoms with Gasteiger partial charge in [0.15, 0.2) is 0 Å². The quantitative estimate of drug-likeness (QED) is 0.288. The van der Waals surface area contributed by atoms with Crippen LogP contribution in [-0.2, 0) is 17.1 Å². The number of hydrogen-bond acceptors (Lipinski definition) is 4. The predicted molar refractivity (Wildman–Crippen MR) is 146 cm³/mol. The van der Waals surface area contributed by atoms with Crippen molar-refractivity contribution in [3.05, 3.63) is 88.2 Å². The number of aliphatic hydroxyl groups is 1. The van der Waals surface area contributed by atoms with Gasteiger partial charge in [-0.1, -0.05) is 63.2 Å². The minimum atomic E-state index is 0. The SMILES string of the molecule is CC(=Nc1c(C)cccc1C)c1cccc(C(C)=Nc2c(C)cccc2C)n1.CC(C)(C)CO.[Fe]. The van der Waals surface area contributed by atoms with Crippen LogP contribution in [0.4, 0.5) is 11.4 Å². The van der Waals surface area contributed by atoms with Gasteiger partial charge in [-0.15, -0.1) is 0 Å². The molecule has 0 aliphatic carbocycles. The average molecular weight is 514 g/mol. The van der Waals surface area contributed by atoms with Gasteiger partial charge in [-0.3, -0.25) is 9.98 Å². The molecule has 0 amide bonds. The molecule has 188 valence electrons. The first-order chi connectivity index (χ1) is 15.9. The summed E-state index contributed by atoms with van der Waals surface area (Å²) in [5.74, 6) is 0. The van der Waals surface area contributed by atoms with Crippen molar-refractivity contribution in [2.24, 2.45) is 15.4 Å². The van der Waals surface area contributed by atoms with Gasteiger partial charge in [0.2, 0.25) is 0 Å². The maximum Gasteiger partial charge on any atom is 0.0849 e. The molecule has 0 fully saturated rings. The van der Waals surface area contributed by atoms with E-state index in [4.69, 9.17) is 20.1 Å². The van der Waals surface area contributed by atoms with Crippen LogP contribution in [0.25, 0.3) is 0 Å². The first-order valence-corrected chi connectivity index (χ1v) is 11.7. The standard InChI is InChI=1S/C25H27N3.C5H12O.Fe/c1-16-10-7-11-17(2)24(16)26-20(5)22-14-9-15-23(28-22)21(6)27-25-18(3)12-8-13-19(25)4;1-5(2,3)4-6;/h7-15H,1-6H3;6H,4H2,1-3H3;. The fourth-order valence-corrected chi connectivity index (χ4v) is 3.25. The second-order valence-corrected chi connectivity index (χ2v) is 10.0. The Morgan fingerprint density at radius 3 is 1.26 bits per heavy atom. The normalized spacial score (nSPS) is 11.9. The number of aliphatic imine (C=N–C) groups is 2. The van der Waals surface area contributed by atoms with Crippen LogP contribution in [0.5, 0.6) is 0 Å². The van der Waals surface area contributed by atoms with Crippen molar-refractivity contribution in [1.82, 2.24) is 4.98 Å². The summed E-state index contributed by atoms with van der Waals surface area (Å²) >= 11 is 0. The third-order valence-electron chi connectivity index (χ3n) is 5.40. The summed E-state index contributed by atoms with van der Waals surface area (Å²) in [6, 6.07) is 18.5. The zero-order valence-corrected chi connectivity index (χ0v) is 23.6. The molecule has 1 aromatic heterocycles. The molecule has 0 unspecified atom stereocenters. The number of rotatable bonds is 4. The monoisotopic (exact) mass is 513 g/mol. The molecule has 0 spiro atoms. The molecule has 5 heteroatoms. The van der Waals surface area contributed by atoms with Gasteiger partial charge in [0.05, 0.1) is 34.2 Å². The number of pyridine rings is 1. The van der Waals surface area contributed by atoms with E-state index in [2.05, 4.69) is 64.1 Å². The Balaban J connectivity index is 0.000000780. The summed E-state index contributed by atoms with van der Waals surface area (Å²) in [4.78, 5) is 14.5. The van der Waals surface area contributed by atoms with E-state index in [1.807, 2.05) is 52.8 Å². The van der Waals surface area contributed by atoms with E-state index in [9.17, 15) is 0 Å². The van der Waals surface area contributed by atoms with Crippen molar-refractivity contribution in [1.29, 1.82) is 0 Å². The van der Waals surface area contributed by atoms with Gasteiger partial charge in [0.1, 0.15) is 0 Å². The van der Waals surface area contributed by atoms with Crippen LogP contribution in [0, 0.1) is 33.1 Å². The number of aryl methyl sites for hydroxylation is 4. The Morgan fingerprint density at radius 2 is 0.971 bits per heavy atom. The summed E-state index contributed by atoms with van der Waals surface area (Å²) in [6.45, 7) is 18.6. The Hall–Kier alpha value is -2.59. The molecule has 1 N–H and O–H groups in total. The van der Waals surface area contributed by atoms with E-state index < -0.39 is 0 Å². The van der Waals surface area contributed by atoms with Crippen LogP contribution >= 0.6 is 0 Å². The van der Waals surface area contributed by atoms with E-state index in [0.717, 1.165) is 34.2 Å². The molecule has 1 heterocycles. The molecule has 35 heavy (non-hydrogen) atoms. The van der Waals surface area contributed by atoms with Gasteiger partial charge in [-0.2, -0.15) is 0 Å². The van der Waals surface area contributed by atoms with Crippen molar-refractivity contribution >= 4 is 22.8 Å². The van der Waals surface area contributed by atoms with Crippen LogP contribution in [0.1, 0.15) is 68.3 Å². The van der Waals surface area contributed by atoms with Crippen LogP contribution < -0.4 is 0 Å². The minimum absolute atomic E-state index is 0. The molecule has 3 aromatic rings. The summed E-state index contributed by atoms with van der Waals surface area (Å²) in [5.41, 5.74) is 10.4. The second kappa shape index (κ2) is 13.5. The molecule has 4 nitrogen and oxygen atoms in total. The first-order valence-electron chi connectivity index (χ1n) is 11.7. The summed E-state index contributed by atoms with van der Waals surface area (Å²) in [5, 5.41) is 8.40. The Bertz CT molecular complexity index is 1070. The molecule has 0 aliphatic heterocycles. The van der Waals surface area contributed by atoms with E-state index in [1.54, 1.807) is 0 Å². The number of nitrogens with zero attached hydrogens (tertiary/aromatic N) is 3.